The van der Waals surface area contributed by atoms with Gasteiger partial charge in [0.2, 0.25) is 0 Å². The Bertz CT molecular complexity index is 217. The first kappa shape index (κ1) is 12.7. The van der Waals surface area contributed by atoms with E-state index in [0.29, 0.717) is 6.04 Å². The van der Waals surface area contributed by atoms with Crippen LogP contribution in [0.4, 0.5) is 0 Å². The fraction of sp³-hybridized carbons (Fsp3) is 0.923. The Hall–Kier alpha value is -0.370. The van der Waals surface area contributed by atoms with Gasteiger partial charge in [-0.1, -0.05) is 20.8 Å². The van der Waals surface area contributed by atoms with Crippen LogP contribution in [0.15, 0.2) is 0 Å². The molecular weight excluding hydrogens is 186 g/mol. The molecule has 0 aliphatic carbocycles. The minimum Gasteiger partial charge on any atom is -0.303 e. The molecule has 0 radical (unpaired) electrons. The number of piperidine rings is 1. The van der Waals surface area contributed by atoms with Crippen molar-refractivity contribution >= 4 is 6.29 Å². The molecule has 0 aromatic carbocycles. The molecule has 0 amide bonds. The van der Waals surface area contributed by atoms with Gasteiger partial charge in [0.05, 0.1) is 0 Å². The summed E-state index contributed by atoms with van der Waals surface area (Å²) in [5, 5.41) is 0. The van der Waals surface area contributed by atoms with Crippen LogP contribution in [-0.4, -0.2) is 30.3 Å². The third-order valence-corrected chi connectivity index (χ3v) is 3.93. The van der Waals surface area contributed by atoms with Crippen LogP contribution in [0.1, 0.15) is 47.0 Å². The lowest BCUT2D eigenvalue weighted by Crippen LogP contribution is -2.46. The van der Waals surface area contributed by atoms with Crippen molar-refractivity contribution in [2.45, 2.75) is 53.0 Å². The van der Waals surface area contributed by atoms with E-state index in [9.17, 15) is 4.79 Å². The zero-order chi connectivity index (χ0) is 11.5. The Morgan fingerprint density at radius 2 is 2.13 bits per heavy atom. The van der Waals surface area contributed by atoms with Crippen LogP contribution >= 0.6 is 0 Å². The monoisotopic (exact) mass is 211 g/mol. The highest BCUT2D eigenvalue weighted by Gasteiger charge is 2.30. The van der Waals surface area contributed by atoms with Crippen molar-refractivity contribution in [3.63, 3.8) is 0 Å². The molecule has 1 heterocycles. The van der Waals surface area contributed by atoms with Crippen molar-refractivity contribution in [3.05, 3.63) is 0 Å². The van der Waals surface area contributed by atoms with Gasteiger partial charge in [-0.3, -0.25) is 4.90 Å². The lowest BCUT2D eigenvalue weighted by molar-refractivity contribution is -0.117. The van der Waals surface area contributed by atoms with E-state index in [1.807, 2.05) is 0 Å². The largest absolute Gasteiger partial charge is 0.303 e. The fourth-order valence-corrected chi connectivity index (χ4v) is 2.39. The molecule has 1 fully saturated rings. The molecule has 0 aromatic rings. The third kappa shape index (κ3) is 3.30. The van der Waals surface area contributed by atoms with E-state index >= 15 is 0 Å². The second-order valence-electron chi connectivity index (χ2n) is 5.57. The summed E-state index contributed by atoms with van der Waals surface area (Å²) in [7, 11) is 0. The smallest absolute Gasteiger partial charge is 0.127 e. The summed E-state index contributed by atoms with van der Waals surface area (Å²) >= 11 is 0. The Labute approximate surface area is 94.0 Å². The maximum atomic E-state index is 11.1. The molecule has 2 nitrogen and oxygen atoms in total. The number of aldehydes is 1. The molecule has 3 atom stereocenters. The molecule has 1 saturated heterocycles. The number of carbonyl (C=O) groups is 1. The first-order valence-electron chi connectivity index (χ1n) is 6.21. The first-order chi connectivity index (χ1) is 7.00. The Balaban J connectivity index is 2.54. The molecule has 0 aromatic heterocycles. The minimum atomic E-state index is -0.144. The third-order valence-electron chi connectivity index (χ3n) is 3.93. The lowest BCUT2D eigenvalue weighted by atomic mass is 9.86. The Morgan fingerprint density at radius 3 is 2.60 bits per heavy atom. The average molecular weight is 211 g/mol. The lowest BCUT2D eigenvalue weighted by Gasteiger charge is -2.40. The summed E-state index contributed by atoms with van der Waals surface area (Å²) in [6.07, 6.45) is 4.63. The standard InChI is InChI=1S/C13H25NO/c1-5-13(4,10-15)9-14-7-6-11(2)8-12(14)3/h10-12H,5-9H2,1-4H3. The normalized spacial score (nSPS) is 32.3. The molecule has 0 N–H and O–H groups in total. The highest BCUT2D eigenvalue weighted by atomic mass is 16.1. The maximum Gasteiger partial charge on any atom is 0.127 e. The van der Waals surface area contributed by atoms with E-state index in [-0.39, 0.29) is 5.41 Å². The van der Waals surface area contributed by atoms with Crippen LogP contribution in [0.25, 0.3) is 0 Å². The average Bonchev–Trinajstić information content (AvgIpc) is 2.22. The predicted molar refractivity (Wildman–Crippen MR) is 63.9 cm³/mol. The van der Waals surface area contributed by atoms with Crippen molar-refractivity contribution in [1.29, 1.82) is 0 Å². The van der Waals surface area contributed by atoms with Gasteiger partial charge in [0.1, 0.15) is 6.29 Å². The Morgan fingerprint density at radius 1 is 1.47 bits per heavy atom. The van der Waals surface area contributed by atoms with Crippen LogP contribution in [-0.2, 0) is 4.79 Å². The molecule has 88 valence electrons. The van der Waals surface area contributed by atoms with Gasteiger partial charge in [-0.2, -0.15) is 0 Å². The summed E-state index contributed by atoms with van der Waals surface area (Å²) in [6, 6.07) is 0.638. The predicted octanol–water partition coefficient (Wildman–Crippen LogP) is 2.72. The van der Waals surface area contributed by atoms with Crippen molar-refractivity contribution < 1.29 is 4.79 Å². The highest BCUT2D eigenvalue weighted by Crippen LogP contribution is 2.27. The maximum absolute atomic E-state index is 11.1. The summed E-state index contributed by atoms with van der Waals surface area (Å²) in [5.41, 5.74) is -0.144. The van der Waals surface area contributed by atoms with Crippen LogP contribution in [0.3, 0.4) is 0 Å². The van der Waals surface area contributed by atoms with E-state index in [1.54, 1.807) is 0 Å². The van der Waals surface area contributed by atoms with Crippen molar-refractivity contribution in [1.82, 2.24) is 4.90 Å². The van der Waals surface area contributed by atoms with E-state index in [2.05, 4.69) is 32.6 Å². The van der Waals surface area contributed by atoms with Gasteiger partial charge in [-0.05, 0) is 38.6 Å². The number of likely N-dealkylation sites (tertiary alicyclic amines) is 1. The summed E-state index contributed by atoms with van der Waals surface area (Å²) in [5.74, 6) is 0.848. The summed E-state index contributed by atoms with van der Waals surface area (Å²) in [4.78, 5) is 13.6. The number of hydrogen-bond donors (Lipinski definition) is 0. The second kappa shape index (κ2) is 5.11. The zero-order valence-electron chi connectivity index (χ0n) is 10.6. The van der Waals surface area contributed by atoms with Crippen LogP contribution in [0.2, 0.25) is 0 Å². The van der Waals surface area contributed by atoms with Gasteiger partial charge in [-0.25, -0.2) is 0 Å². The number of nitrogens with zero attached hydrogens (tertiary/aromatic N) is 1. The molecule has 1 rings (SSSR count). The van der Waals surface area contributed by atoms with Gasteiger partial charge >= 0.3 is 0 Å². The molecule has 15 heavy (non-hydrogen) atoms. The Kier molecular flexibility index (Phi) is 4.32. The second-order valence-corrected chi connectivity index (χ2v) is 5.57. The molecule has 0 spiro atoms. The molecule has 1 aliphatic rings. The SMILES string of the molecule is CCC(C)(C=O)CN1CCC(C)CC1C. The van der Waals surface area contributed by atoms with E-state index in [4.69, 9.17) is 0 Å². The molecule has 2 heteroatoms. The van der Waals surface area contributed by atoms with Crippen molar-refractivity contribution in [3.8, 4) is 0 Å². The van der Waals surface area contributed by atoms with Crippen molar-refractivity contribution in [2.24, 2.45) is 11.3 Å². The van der Waals surface area contributed by atoms with Crippen molar-refractivity contribution in [2.75, 3.05) is 13.1 Å². The van der Waals surface area contributed by atoms with Crippen LogP contribution in [0.5, 0.6) is 0 Å². The van der Waals surface area contributed by atoms with Gasteiger partial charge < -0.3 is 4.79 Å². The fourth-order valence-electron chi connectivity index (χ4n) is 2.39. The number of carbonyl (C=O) groups excluding carboxylic acids is 1. The minimum absolute atomic E-state index is 0.144. The van der Waals surface area contributed by atoms with Gasteiger partial charge in [0.25, 0.3) is 0 Å². The van der Waals surface area contributed by atoms with Gasteiger partial charge in [0.15, 0.2) is 0 Å². The zero-order valence-corrected chi connectivity index (χ0v) is 10.6. The molecule has 3 unspecified atom stereocenters. The number of hydrogen-bond acceptors (Lipinski definition) is 2. The molecule has 0 saturated carbocycles. The molecular formula is C13H25NO. The molecule has 0 bridgehead atoms. The van der Waals surface area contributed by atoms with E-state index < -0.39 is 0 Å². The first-order valence-corrected chi connectivity index (χ1v) is 6.21. The summed E-state index contributed by atoms with van der Waals surface area (Å²) in [6.45, 7) is 10.9. The van der Waals surface area contributed by atoms with Crippen LogP contribution < -0.4 is 0 Å². The van der Waals surface area contributed by atoms with E-state index in [1.165, 1.54) is 12.8 Å². The highest BCUT2D eigenvalue weighted by molar-refractivity contribution is 5.58. The number of rotatable bonds is 4. The summed E-state index contributed by atoms with van der Waals surface area (Å²) < 4.78 is 0. The quantitative estimate of drug-likeness (QED) is 0.666. The van der Waals surface area contributed by atoms with E-state index in [0.717, 1.165) is 31.7 Å². The van der Waals surface area contributed by atoms with Gasteiger partial charge in [0, 0.05) is 18.0 Å². The topological polar surface area (TPSA) is 20.3 Å². The molecule has 1 aliphatic heterocycles. The van der Waals surface area contributed by atoms with Crippen LogP contribution in [0, 0.1) is 11.3 Å². The van der Waals surface area contributed by atoms with Gasteiger partial charge in [-0.15, -0.1) is 0 Å².